The van der Waals surface area contributed by atoms with E-state index in [1.54, 1.807) is 0 Å². The van der Waals surface area contributed by atoms with E-state index >= 15 is 0 Å². The molecule has 0 fully saturated rings. The third-order valence-corrected chi connectivity index (χ3v) is 22.8. The molecule has 0 N–H and O–H groups in total. The summed E-state index contributed by atoms with van der Waals surface area (Å²) in [6.07, 6.45) is 0. The van der Waals surface area contributed by atoms with Gasteiger partial charge in [-0.1, -0.05) is 334 Å². The van der Waals surface area contributed by atoms with E-state index in [1.165, 1.54) is 54.9 Å². The Balaban J connectivity index is 0.000000143. The van der Waals surface area contributed by atoms with Gasteiger partial charge < -0.3 is 9.13 Å². The van der Waals surface area contributed by atoms with E-state index in [0.29, 0.717) is 35.2 Å². The predicted octanol–water partition coefficient (Wildman–Crippen LogP) is 27.1. The number of nitrogens with zero attached hydrogens (tertiary/aromatic N) is 10. The zero-order chi connectivity index (χ0) is 78.0. The molecule has 118 heavy (non-hydrogen) atoms. The highest BCUT2D eigenvalue weighted by Crippen LogP contribution is 2.42. The van der Waals surface area contributed by atoms with E-state index in [9.17, 15) is 0 Å². The molecule has 23 rings (SSSR count). The molecule has 6 aromatic heterocycles. The van der Waals surface area contributed by atoms with Gasteiger partial charge in [0, 0.05) is 76.7 Å². The molecule has 6 heterocycles. The maximum Gasteiger partial charge on any atom is 0.238 e. The van der Waals surface area contributed by atoms with Crippen molar-refractivity contribution < 1.29 is 0 Å². The van der Waals surface area contributed by atoms with Crippen molar-refractivity contribution in [1.82, 2.24) is 48.2 Å². The average Bonchev–Trinajstić information content (AvgIpc) is 1.58. The van der Waals surface area contributed by atoms with Gasteiger partial charge in [-0.2, -0.15) is 19.9 Å². The van der Waals surface area contributed by atoms with Gasteiger partial charge in [0.25, 0.3) is 0 Å². The van der Waals surface area contributed by atoms with E-state index in [0.717, 1.165) is 122 Å². The quantitative estimate of drug-likeness (QED) is 0.114. The van der Waals surface area contributed by atoms with E-state index < -0.39 is 0 Å². The Morgan fingerprint density at radius 1 is 0.127 bits per heavy atom. The molecule has 0 aliphatic heterocycles. The first-order valence-electron chi connectivity index (χ1n) is 39.8. The molecule has 0 saturated carbocycles. The van der Waals surface area contributed by atoms with Crippen LogP contribution in [-0.2, 0) is 0 Å². The molecule has 0 aliphatic rings. The van der Waals surface area contributed by atoms with Gasteiger partial charge in [-0.3, -0.25) is 9.13 Å². The zero-order valence-corrected chi connectivity index (χ0v) is 63.9. The zero-order valence-electron chi connectivity index (χ0n) is 63.9. The van der Waals surface area contributed by atoms with Crippen LogP contribution >= 0.6 is 0 Å². The number of para-hydroxylation sites is 5. The third kappa shape index (κ3) is 12.3. The van der Waals surface area contributed by atoms with Gasteiger partial charge in [0.1, 0.15) is 0 Å². The lowest BCUT2D eigenvalue weighted by Crippen LogP contribution is -2.06. The summed E-state index contributed by atoms with van der Waals surface area (Å²) in [7, 11) is 0. The number of hydrogen-bond acceptors (Lipinski definition) is 6. The first-order valence-corrected chi connectivity index (χ1v) is 39.8. The summed E-state index contributed by atoms with van der Waals surface area (Å²) < 4.78 is 9.06. The molecule has 0 saturated heterocycles. The van der Waals surface area contributed by atoms with Crippen LogP contribution in [0.5, 0.6) is 0 Å². The highest BCUT2D eigenvalue weighted by atomic mass is 15.2. The van der Waals surface area contributed by atoms with Crippen LogP contribution in [0.25, 0.3) is 212 Å². The second-order valence-electron chi connectivity index (χ2n) is 29.8. The fourth-order valence-electron chi connectivity index (χ4n) is 17.1. The van der Waals surface area contributed by atoms with Gasteiger partial charge in [-0.25, -0.2) is 9.97 Å². The molecular weight excluding hydrogens is 1440 g/mol. The highest BCUT2D eigenvalue weighted by Gasteiger charge is 2.24. The molecule has 10 nitrogen and oxygen atoms in total. The van der Waals surface area contributed by atoms with Crippen molar-refractivity contribution >= 4 is 87.2 Å². The monoisotopic (exact) mass is 1510 g/mol. The lowest BCUT2D eigenvalue weighted by atomic mass is 10.0. The fourth-order valence-corrected chi connectivity index (χ4v) is 17.1. The molecule has 552 valence electrons. The van der Waals surface area contributed by atoms with Gasteiger partial charge >= 0.3 is 0 Å². The van der Waals surface area contributed by atoms with Crippen molar-refractivity contribution in [3.8, 4) is 124 Å². The van der Waals surface area contributed by atoms with Crippen LogP contribution in [0.4, 0.5) is 0 Å². The van der Waals surface area contributed by atoms with Crippen LogP contribution < -0.4 is 0 Å². The van der Waals surface area contributed by atoms with Crippen LogP contribution in [0, 0.1) is 0 Å². The Morgan fingerprint density at radius 3 is 0.771 bits per heavy atom. The minimum Gasteiger partial charge on any atom is -0.309 e. The number of hydrogen-bond donors (Lipinski definition) is 0. The Hall–Kier alpha value is -16.0. The summed E-state index contributed by atoms with van der Waals surface area (Å²) >= 11 is 0. The summed E-state index contributed by atoms with van der Waals surface area (Å²) in [6, 6.07) is 150. The van der Waals surface area contributed by atoms with Gasteiger partial charge in [0.05, 0.1) is 44.1 Å². The molecule has 10 heteroatoms. The van der Waals surface area contributed by atoms with Gasteiger partial charge in [0.2, 0.25) is 11.9 Å². The number of aromatic nitrogens is 10. The third-order valence-electron chi connectivity index (χ3n) is 22.8. The largest absolute Gasteiger partial charge is 0.309 e. The molecule has 23 aromatic rings. The van der Waals surface area contributed by atoms with Crippen LogP contribution in [0.1, 0.15) is 0 Å². The van der Waals surface area contributed by atoms with Crippen molar-refractivity contribution in [2.24, 2.45) is 0 Å². The van der Waals surface area contributed by atoms with Crippen molar-refractivity contribution in [2.75, 3.05) is 0 Å². The summed E-state index contributed by atoms with van der Waals surface area (Å²) in [4.78, 5) is 31.7. The van der Waals surface area contributed by atoms with Crippen molar-refractivity contribution in [2.45, 2.75) is 0 Å². The summed E-state index contributed by atoms with van der Waals surface area (Å²) in [5, 5.41) is 9.36. The lowest BCUT2D eigenvalue weighted by Gasteiger charge is -2.13. The molecule has 0 unspecified atom stereocenters. The molecule has 17 aromatic carbocycles. The SMILES string of the molecule is c1ccc(-c2ccc(-c3nc(-c4ccc5c6ccccc6n(-c6ccccc6)c5c4)nc(-n4c5ccccc5c5cc(-c6ccccc6)ccc54)n3)cc2)cc1.c1ccc(-c2ccc(-c3nc(-c4cccc(-n5c6ccccc6c6cc(-c7ccccc7)ccc65)c4)nc(-n4c5ccccc5c5cc(-c6ccccc6)ccc54)n3)cc2)cc1. The van der Waals surface area contributed by atoms with Gasteiger partial charge in [-0.15, -0.1) is 0 Å². The molecule has 0 atom stereocenters. The summed E-state index contributed by atoms with van der Waals surface area (Å²) in [6.45, 7) is 0. The second kappa shape index (κ2) is 29.2. The fraction of sp³-hybridized carbons (Fsp3) is 0. The van der Waals surface area contributed by atoms with E-state index in [-0.39, 0.29) is 0 Å². The number of fused-ring (bicyclic) bond motifs is 12. The molecule has 0 aliphatic carbocycles. The topological polar surface area (TPSA) is 97.1 Å². The van der Waals surface area contributed by atoms with Crippen molar-refractivity contribution in [3.63, 3.8) is 0 Å². The lowest BCUT2D eigenvalue weighted by molar-refractivity contribution is 0.953. The van der Waals surface area contributed by atoms with Crippen LogP contribution in [0.15, 0.2) is 425 Å². The molecule has 0 amide bonds. The molecule has 0 bridgehead atoms. The van der Waals surface area contributed by atoms with Gasteiger partial charge in [0.15, 0.2) is 23.3 Å². The van der Waals surface area contributed by atoms with Crippen molar-refractivity contribution in [1.29, 1.82) is 0 Å². The normalized spacial score (nSPS) is 11.6. The van der Waals surface area contributed by atoms with Crippen LogP contribution in [0.3, 0.4) is 0 Å². The first kappa shape index (κ1) is 68.7. The van der Waals surface area contributed by atoms with Gasteiger partial charge in [-0.05, 0) is 147 Å². The Labute approximate surface area is 680 Å². The minimum atomic E-state index is 0.562. The number of rotatable bonds is 13. The summed E-state index contributed by atoms with van der Waals surface area (Å²) in [5.41, 5.74) is 26.1. The van der Waals surface area contributed by atoms with E-state index in [1.807, 2.05) is 12.1 Å². The smallest absolute Gasteiger partial charge is 0.238 e. The molecular formula is C108H70N10. The molecule has 0 radical (unpaired) electrons. The van der Waals surface area contributed by atoms with E-state index in [4.69, 9.17) is 29.9 Å². The standard InChI is InChI=1S/C57H37N5.C51H33N5/c1-4-15-38(16-5-1)41-27-29-42(30-28-41)55-58-56(60-57(59-55)62-52-26-13-11-24-48(52)50-37-44(32-34-54(50)62)40-19-8-3-9-20-40)45-21-14-22-46(35-45)61-51-25-12-10-23-47(51)49-36-43(31-33-53(49)61)39-17-6-2-7-18-39;1-4-14-34(15-5-1)36-24-26-37(27-25-36)49-52-50(39-28-30-43-41-20-10-12-22-45(41)55(48(43)33-39)40-18-8-3-9-19-40)54-51(53-49)56-46-23-13-11-21-42(46)44-32-38(29-31-47(44)56)35-16-6-2-7-17-35/h1-37H;1-33H. The Bertz CT molecular complexity index is 7750. The Kier molecular flexibility index (Phi) is 17.0. The van der Waals surface area contributed by atoms with E-state index in [2.05, 4.69) is 431 Å². The predicted molar refractivity (Wildman–Crippen MR) is 486 cm³/mol. The second-order valence-corrected chi connectivity index (χ2v) is 29.8. The maximum absolute atomic E-state index is 5.34. The summed E-state index contributed by atoms with van der Waals surface area (Å²) in [5.74, 6) is 3.55. The average molecular weight is 1510 g/mol. The number of benzene rings is 17. The first-order chi connectivity index (χ1) is 58.5. The van der Waals surface area contributed by atoms with Crippen molar-refractivity contribution in [3.05, 3.63) is 425 Å². The highest BCUT2D eigenvalue weighted by molar-refractivity contribution is 6.14. The Morgan fingerprint density at radius 2 is 0.373 bits per heavy atom. The molecule has 0 spiro atoms. The minimum absolute atomic E-state index is 0.562. The van der Waals surface area contributed by atoms with Crippen LogP contribution in [-0.4, -0.2) is 48.2 Å². The van der Waals surface area contributed by atoms with Crippen LogP contribution in [0.2, 0.25) is 0 Å². The maximum atomic E-state index is 5.34.